The van der Waals surface area contributed by atoms with E-state index in [9.17, 15) is 4.79 Å². The molecule has 0 fully saturated rings. The van der Waals surface area contributed by atoms with Crippen LogP contribution in [0.1, 0.15) is 46.7 Å². The molecule has 3 rings (SSSR count). The first-order valence-electron chi connectivity index (χ1n) is 9.44. The number of aryl methyl sites for hydroxylation is 3. The summed E-state index contributed by atoms with van der Waals surface area (Å²) in [4.78, 5) is 20.9. The molecular weight excluding hydrogens is 352 g/mol. The predicted octanol–water partition coefficient (Wildman–Crippen LogP) is 3.05. The van der Waals surface area contributed by atoms with Gasteiger partial charge in [-0.3, -0.25) is 14.5 Å². The van der Waals surface area contributed by atoms with Crippen LogP contribution in [0.15, 0.2) is 48.9 Å². The van der Waals surface area contributed by atoms with Gasteiger partial charge in [-0.25, -0.2) is 4.98 Å². The van der Waals surface area contributed by atoms with E-state index in [1.807, 2.05) is 44.4 Å². The topological polar surface area (TPSA) is 84.7 Å². The lowest BCUT2D eigenvalue weighted by atomic mass is 10.1. The lowest BCUT2D eigenvalue weighted by Crippen LogP contribution is -2.25. The van der Waals surface area contributed by atoms with Gasteiger partial charge < -0.3 is 10.6 Å². The molecule has 0 bridgehead atoms. The van der Waals surface area contributed by atoms with E-state index in [-0.39, 0.29) is 11.9 Å². The van der Waals surface area contributed by atoms with Gasteiger partial charge in [0.1, 0.15) is 5.82 Å². The largest absolute Gasteiger partial charge is 0.363 e. The molecular formula is C21H26N6O. The molecule has 28 heavy (non-hydrogen) atoms. The van der Waals surface area contributed by atoms with E-state index in [2.05, 4.69) is 32.6 Å². The van der Waals surface area contributed by atoms with Gasteiger partial charge in [-0.15, -0.1) is 0 Å². The first-order valence-corrected chi connectivity index (χ1v) is 9.44. The second kappa shape index (κ2) is 9.12. The molecule has 7 nitrogen and oxygen atoms in total. The summed E-state index contributed by atoms with van der Waals surface area (Å²) in [6.07, 6.45) is 7.07. The van der Waals surface area contributed by atoms with Crippen molar-refractivity contribution in [2.75, 3.05) is 11.9 Å². The molecule has 0 spiro atoms. The van der Waals surface area contributed by atoms with E-state index in [0.717, 1.165) is 35.6 Å². The fourth-order valence-corrected chi connectivity index (χ4v) is 3.08. The van der Waals surface area contributed by atoms with Crippen LogP contribution in [0.2, 0.25) is 0 Å². The lowest BCUT2D eigenvalue weighted by Gasteiger charge is -2.14. The molecule has 0 unspecified atom stereocenters. The molecule has 0 aliphatic carbocycles. The highest BCUT2D eigenvalue weighted by Gasteiger charge is 2.12. The average Bonchev–Trinajstić information content (AvgIpc) is 3.04. The van der Waals surface area contributed by atoms with Crippen LogP contribution in [0.4, 0.5) is 5.82 Å². The van der Waals surface area contributed by atoms with Crippen molar-refractivity contribution >= 4 is 11.7 Å². The third-order valence-corrected chi connectivity index (χ3v) is 4.53. The van der Waals surface area contributed by atoms with E-state index < -0.39 is 0 Å². The summed E-state index contributed by atoms with van der Waals surface area (Å²) in [5, 5.41) is 10.6. The second-order valence-electron chi connectivity index (χ2n) is 6.82. The predicted molar refractivity (Wildman–Crippen MR) is 109 cm³/mol. The minimum absolute atomic E-state index is 0.0764. The standard InChI is InChI=1S/C21H26N6O/c1-15(19-14-27(3)26-16(19)2)25-20-10-9-17(13-24-20)21(28)23-12-6-8-18-7-4-5-11-22-18/h4-5,7,9-11,13-15H,6,8,12H2,1-3H3,(H,23,28)(H,24,25)/t15-/m1/s1. The van der Waals surface area contributed by atoms with Crippen LogP contribution in [0, 0.1) is 6.92 Å². The summed E-state index contributed by atoms with van der Waals surface area (Å²) >= 11 is 0. The van der Waals surface area contributed by atoms with E-state index in [1.54, 1.807) is 23.1 Å². The molecule has 0 radical (unpaired) electrons. The van der Waals surface area contributed by atoms with Gasteiger partial charge >= 0.3 is 0 Å². The minimum Gasteiger partial charge on any atom is -0.363 e. The fraction of sp³-hybridized carbons (Fsp3) is 0.333. The SMILES string of the molecule is Cc1nn(C)cc1[C@@H](C)Nc1ccc(C(=O)NCCCc2ccccn2)cn1. The van der Waals surface area contributed by atoms with Gasteiger partial charge in [0.25, 0.3) is 5.91 Å². The second-order valence-corrected chi connectivity index (χ2v) is 6.82. The lowest BCUT2D eigenvalue weighted by molar-refractivity contribution is 0.0953. The van der Waals surface area contributed by atoms with Crippen LogP contribution in [0.3, 0.4) is 0 Å². The van der Waals surface area contributed by atoms with Crippen molar-refractivity contribution in [1.29, 1.82) is 0 Å². The first kappa shape index (κ1) is 19.5. The Kier molecular flexibility index (Phi) is 6.37. The Morgan fingerprint density at radius 1 is 1.21 bits per heavy atom. The summed E-state index contributed by atoms with van der Waals surface area (Å²) in [6, 6.07) is 9.55. The Hall–Kier alpha value is -3.22. The Bertz CT molecular complexity index is 904. The van der Waals surface area contributed by atoms with Crippen LogP contribution in [-0.2, 0) is 13.5 Å². The zero-order chi connectivity index (χ0) is 19.9. The maximum Gasteiger partial charge on any atom is 0.252 e. The molecule has 3 aromatic rings. The fourth-order valence-electron chi connectivity index (χ4n) is 3.08. The molecule has 1 amide bonds. The molecule has 0 aliphatic rings. The molecule has 0 aliphatic heterocycles. The van der Waals surface area contributed by atoms with Crippen LogP contribution in [0.5, 0.6) is 0 Å². The monoisotopic (exact) mass is 378 g/mol. The van der Waals surface area contributed by atoms with E-state index >= 15 is 0 Å². The number of aromatic nitrogens is 4. The maximum absolute atomic E-state index is 12.3. The number of carbonyl (C=O) groups excluding carboxylic acids is 1. The number of nitrogens with zero attached hydrogens (tertiary/aromatic N) is 4. The number of rotatable bonds is 8. The smallest absolute Gasteiger partial charge is 0.252 e. The third-order valence-electron chi connectivity index (χ3n) is 4.53. The highest BCUT2D eigenvalue weighted by atomic mass is 16.1. The van der Waals surface area contributed by atoms with Crippen molar-refractivity contribution in [2.24, 2.45) is 7.05 Å². The maximum atomic E-state index is 12.3. The molecule has 3 heterocycles. The molecule has 2 N–H and O–H groups in total. The van der Waals surface area contributed by atoms with Gasteiger partial charge in [0, 0.05) is 43.4 Å². The average molecular weight is 378 g/mol. The van der Waals surface area contributed by atoms with E-state index in [1.165, 1.54) is 0 Å². The summed E-state index contributed by atoms with van der Waals surface area (Å²) < 4.78 is 1.80. The van der Waals surface area contributed by atoms with Crippen molar-refractivity contribution in [3.63, 3.8) is 0 Å². The zero-order valence-corrected chi connectivity index (χ0v) is 16.5. The van der Waals surface area contributed by atoms with Crippen molar-refractivity contribution in [2.45, 2.75) is 32.7 Å². The Labute approximate surface area is 165 Å². The number of nitrogens with one attached hydrogen (secondary N) is 2. The molecule has 0 saturated heterocycles. The third kappa shape index (κ3) is 5.16. The van der Waals surface area contributed by atoms with Gasteiger partial charge in [0.2, 0.25) is 0 Å². The molecule has 146 valence electrons. The van der Waals surface area contributed by atoms with Crippen LogP contribution >= 0.6 is 0 Å². The normalized spacial score (nSPS) is 11.8. The van der Waals surface area contributed by atoms with Crippen molar-refractivity contribution in [1.82, 2.24) is 25.1 Å². The van der Waals surface area contributed by atoms with Gasteiger partial charge in [-0.1, -0.05) is 6.07 Å². The Morgan fingerprint density at radius 3 is 2.71 bits per heavy atom. The molecule has 1 atom stereocenters. The summed E-state index contributed by atoms with van der Waals surface area (Å²) in [5.41, 5.74) is 3.70. The van der Waals surface area contributed by atoms with E-state index in [0.29, 0.717) is 12.1 Å². The van der Waals surface area contributed by atoms with Gasteiger partial charge in [-0.05, 0) is 51.0 Å². The number of hydrogen-bond donors (Lipinski definition) is 2. The highest BCUT2D eigenvalue weighted by molar-refractivity contribution is 5.94. The minimum atomic E-state index is -0.115. The van der Waals surface area contributed by atoms with Crippen molar-refractivity contribution < 1.29 is 4.79 Å². The Morgan fingerprint density at radius 2 is 2.07 bits per heavy atom. The number of hydrogen-bond acceptors (Lipinski definition) is 5. The molecule has 0 aromatic carbocycles. The number of carbonyl (C=O) groups is 1. The molecule has 0 saturated carbocycles. The number of pyridine rings is 2. The van der Waals surface area contributed by atoms with Crippen LogP contribution in [-0.4, -0.2) is 32.2 Å². The number of amides is 1. The van der Waals surface area contributed by atoms with Crippen molar-refractivity contribution in [3.8, 4) is 0 Å². The number of anilines is 1. The zero-order valence-electron chi connectivity index (χ0n) is 16.5. The van der Waals surface area contributed by atoms with Gasteiger partial charge in [-0.2, -0.15) is 5.10 Å². The van der Waals surface area contributed by atoms with E-state index in [4.69, 9.17) is 0 Å². The van der Waals surface area contributed by atoms with Gasteiger partial charge in [0.15, 0.2) is 0 Å². The molecule has 7 heteroatoms. The highest BCUT2D eigenvalue weighted by Crippen LogP contribution is 2.20. The summed E-state index contributed by atoms with van der Waals surface area (Å²) in [7, 11) is 1.91. The van der Waals surface area contributed by atoms with Crippen LogP contribution < -0.4 is 10.6 Å². The quantitative estimate of drug-likeness (QED) is 0.589. The van der Waals surface area contributed by atoms with Gasteiger partial charge in [0.05, 0.1) is 17.3 Å². The Balaban J connectivity index is 1.48. The molecule has 3 aromatic heterocycles. The van der Waals surface area contributed by atoms with Crippen molar-refractivity contribution in [3.05, 3.63) is 71.4 Å². The first-order chi connectivity index (χ1) is 13.5. The summed E-state index contributed by atoms with van der Waals surface area (Å²) in [6.45, 7) is 4.66. The summed E-state index contributed by atoms with van der Waals surface area (Å²) in [5.74, 6) is 0.610. The van der Waals surface area contributed by atoms with Crippen LogP contribution in [0.25, 0.3) is 0 Å².